The normalized spacial score (nSPS) is 19.1. The van der Waals surface area contributed by atoms with Crippen LogP contribution in [-0.2, 0) is 15.8 Å². The van der Waals surface area contributed by atoms with Gasteiger partial charge < -0.3 is 19.8 Å². The molecule has 37 heavy (non-hydrogen) atoms. The van der Waals surface area contributed by atoms with Crippen LogP contribution in [0, 0.1) is 0 Å². The standard InChI is InChI=1S/C27H21F3N2O5/c1-31-10-11-37-21-9-8-16(13-20(21)31)24(34)22-23(15-4-2-7-19(33)12-15)32(26(36)25(22)35)18-6-3-5-17(14-18)27(28,29)30/h2-9,12-14,23,33-34H,10-11H2,1H3/b24-22-. The number of rotatable bonds is 3. The van der Waals surface area contributed by atoms with Crippen LogP contribution in [0.3, 0.4) is 0 Å². The molecule has 1 fully saturated rings. The average molecular weight is 510 g/mol. The monoisotopic (exact) mass is 510 g/mol. The third-order valence-corrected chi connectivity index (χ3v) is 6.41. The van der Waals surface area contributed by atoms with Crippen molar-refractivity contribution in [2.45, 2.75) is 12.2 Å². The summed E-state index contributed by atoms with van der Waals surface area (Å²) in [5.41, 5.74) is -0.370. The van der Waals surface area contributed by atoms with Gasteiger partial charge in [-0.2, -0.15) is 13.2 Å². The molecule has 0 aliphatic carbocycles. The highest BCUT2D eigenvalue weighted by molar-refractivity contribution is 6.51. The summed E-state index contributed by atoms with van der Waals surface area (Å²) in [6.07, 6.45) is -4.68. The van der Waals surface area contributed by atoms with Crippen molar-refractivity contribution < 1.29 is 37.7 Å². The number of hydrogen-bond donors (Lipinski definition) is 2. The van der Waals surface area contributed by atoms with Crippen LogP contribution in [0.25, 0.3) is 5.76 Å². The number of Topliss-reactive ketones (excluding diaryl/α,β-unsaturated/α-hetero) is 1. The molecule has 2 aliphatic rings. The number of aliphatic hydroxyl groups is 1. The number of aromatic hydroxyl groups is 1. The van der Waals surface area contributed by atoms with Gasteiger partial charge in [0.05, 0.1) is 29.4 Å². The quantitative estimate of drug-likeness (QED) is 0.297. The number of phenolic OH excluding ortho intramolecular Hbond substituents is 1. The van der Waals surface area contributed by atoms with Gasteiger partial charge in [0.25, 0.3) is 11.7 Å². The number of amides is 1. The number of hydrogen-bond acceptors (Lipinski definition) is 6. The fraction of sp³-hybridized carbons (Fsp3) is 0.185. The zero-order valence-electron chi connectivity index (χ0n) is 19.5. The first kappa shape index (κ1) is 24.2. The number of carbonyl (C=O) groups excluding carboxylic acids is 2. The summed E-state index contributed by atoms with van der Waals surface area (Å²) in [7, 11) is 1.84. The Balaban J connectivity index is 1.71. The summed E-state index contributed by atoms with van der Waals surface area (Å²) in [4.78, 5) is 29.3. The number of ketones is 1. The van der Waals surface area contributed by atoms with Crippen molar-refractivity contribution in [2.75, 3.05) is 30.0 Å². The number of alkyl halides is 3. The Bertz CT molecular complexity index is 1450. The van der Waals surface area contributed by atoms with Gasteiger partial charge in [-0.3, -0.25) is 14.5 Å². The van der Waals surface area contributed by atoms with E-state index in [9.17, 15) is 33.0 Å². The zero-order valence-corrected chi connectivity index (χ0v) is 19.5. The fourth-order valence-electron chi connectivity index (χ4n) is 4.59. The first-order valence-electron chi connectivity index (χ1n) is 11.3. The molecule has 1 saturated heterocycles. The molecule has 10 heteroatoms. The predicted molar refractivity (Wildman–Crippen MR) is 130 cm³/mol. The third-order valence-electron chi connectivity index (χ3n) is 6.41. The Morgan fingerprint density at radius 2 is 1.78 bits per heavy atom. The molecule has 1 amide bonds. The molecule has 190 valence electrons. The maximum absolute atomic E-state index is 13.4. The molecule has 3 aromatic rings. The summed E-state index contributed by atoms with van der Waals surface area (Å²) in [5, 5.41) is 21.4. The van der Waals surface area contributed by atoms with E-state index in [-0.39, 0.29) is 28.1 Å². The number of ether oxygens (including phenoxy) is 1. The average Bonchev–Trinajstić information content (AvgIpc) is 3.13. The van der Waals surface area contributed by atoms with Gasteiger partial charge in [-0.15, -0.1) is 0 Å². The molecule has 0 saturated carbocycles. The van der Waals surface area contributed by atoms with Crippen LogP contribution < -0.4 is 14.5 Å². The first-order valence-corrected chi connectivity index (χ1v) is 11.3. The van der Waals surface area contributed by atoms with Crippen LogP contribution in [0.5, 0.6) is 11.5 Å². The molecule has 0 aromatic heterocycles. The van der Waals surface area contributed by atoms with E-state index in [4.69, 9.17) is 4.74 Å². The fourth-order valence-corrected chi connectivity index (χ4v) is 4.59. The molecular formula is C27H21F3N2O5. The van der Waals surface area contributed by atoms with E-state index in [0.29, 0.717) is 24.6 Å². The second kappa shape index (κ2) is 8.88. The minimum Gasteiger partial charge on any atom is -0.508 e. The molecule has 3 aromatic carbocycles. The number of carbonyl (C=O) groups is 2. The smallest absolute Gasteiger partial charge is 0.416 e. The van der Waals surface area contributed by atoms with Crippen molar-refractivity contribution in [3.63, 3.8) is 0 Å². The van der Waals surface area contributed by atoms with E-state index in [2.05, 4.69) is 0 Å². The van der Waals surface area contributed by atoms with E-state index >= 15 is 0 Å². The lowest BCUT2D eigenvalue weighted by Gasteiger charge is -2.28. The van der Waals surface area contributed by atoms with Gasteiger partial charge in [-0.25, -0.2) is 0 Å². The maximum atomic E-state index is 13.4. The van der Waals surface area contributed by atoms with Crippen molar-refractivity contribution >= 4 is 28.8 Å². The Morgan fingerprint density at radius 1 is 1.03 bits per heavy atom. The Labute approximate surface area is 209 Å². The molecule has 2 N–H and O–H groups in total. The van der Waals surface area contributed by atoms with E-state index in [0.717, 1.165) is 23.1 Å². The molecule has 7 nitrogen and oxygen atoms in total. The molecule has 0 spiro atoms. The van der Waals surface area contributed by atoms with Crippen LogP contribution in [-0.4, -0.2) is 42.1 Å². The highest BCUT2D eigenvalue weighted by Crippen LogP contribution is 2.44. The van der Waals surface area contributed by atoms with E-state index in [1.54, 1.807) is 12.1 Å². The van der Waals surface area contributed by atoms with Crippen molar-refractivity contribution in [3.05, 3.63) is 89.0 Å². The molecule has 0 bridgehead atoms. The Hall–Kier alpha value is -4.47. The zero-order chi connectivity index (χ0) is 26.5. The van der Waals surface area contributed by atoms with Gasteiger partial charge in [0, 0.05) is 18.3 Å². The Kier molecular flexibility index (Phi) is 5.82. The van der Waals surface area contributed by atoms with Gasteiger partial charge in [-0.05, 0) is 54.1 Å². The lowest BCUT2D eigenvalue weighted by molar-refractivity contribution is -0.137. The lowest BCUT2D eigenvalue weighted by atomic mass is 9.94. The molecule has 2 heterocycles. The van der Waals surface area contributed by atoms with Crippen LogP contribution in [0.15, 0.2) is 72.3 Å². The van der Waals surface area contributed by atoms with Gasteiger partial charge in [0.1, 0.15) is 23.9 Å². The van der Waals surface area contributed by atoms with Crippen LogP contribution in [0.1, 0.15) is 22.7 Å². The second-order valence-electron chi connectivity index (χ2n) is 8.76. The van der Waals surface area contributed by atoms with Crippen molar-refractivity contribution in [1.82, 2.24) is 0 Å². The minimum atomic E-state index is -4.68. The number of phenols is 1. The topological polar surface area (TPSA) is 90.3 Å². The van der Waals surface area contributed by atoms with E-state index < -0.39 is 35.2 Å². The molecule has 1 unspecified atom stereocenters. The first-order chi connectivity index (χ1) is 17.6. The number of anilines is 2. The van der Waals surface area contributed by atoms with Gasteiger partial charge in [0.2, 0.25) is 0 Å². The molecule has 1 atom stereocenters. The van der Waals surface area contributed by atoms with Crippen LogP contribution >= 0.6 is 0 Å². The number of fused-ring (bicyclic) bond motifs is 1. The van der Waals surface area contributed by atoms with Crippen molar-refractivity contribution in [1.29, 1.82) is 0 Å². The maximum Gasteiger partial charge on any atom is 0.416 e. The summed E-state index contributed by atoms with van der Waals surface area (Å²) < 4.78 is 45.9. The summed E-state index contributed by atoms with van der Waals surface area (Å²) >= 11 is 0. The SMILES string of the molecule is CN1CCOc2ccc(/C(O)=C3/C(=O)C(=O)N(c4cccc(C(F)(F)F)c4)C3c3cccc(O)c3)cc21. The third kappa shape index (κ3) is 4.24. The number of aliphatic hydroxyl groups excluding tert-OH is 1. The minimum absolute atomic E-state index is 0.178. The van der Waals surface area contributed by atoms with Gasteiger partial charge in [-0.1, -0.05) is 18.2 Å². The number of benzene rings is 3. The molecule has 5 rings (SSSR count). The summed E-state index contributed by atoms with van der Waals surface area (Å²) in [6, 6.07) is 13.2. The highest BCUT2D eigenvalue weighted by Gasteiger charge is 2.47. The highest BCUT2D eigenvalue weighted by atomic mass is 19.4. The Morgan fingerprint density at radius 3 is 2.51 bits per heavy atom. The number of nitrogens with zero attached hydrogens (tertiary/aromatic N) is 2. The van der Waals surface area contributed by atoms with E-state index in [1.807, 2.05) is 11.9 Å². The van der Waals surface area contributed by atoms with Crippen LogP contribution in [0.2, 0.25) is 0 Å². The van der Waals surface area contributed by atoms with Crippen LogP contribution in [0.4, 0.5) is 24.5 Å². The van der Waals surface area contributed by atoms with E-state index in [1.165, 1.54) is 36.4 Å². The summed E-state index contributed by atoms with van der Waals surface area (Å²) in [5.74, 6) is -2.26. The van der Waals surface area contributed by atoms with Crippen molar-refractivity contribution in [2.24, 2.45) is 0 Å². The van der Waals surface area contributed by atoms with Crippen molar-refractivity contribution in [3.8, 4) is 11.5 Å². The summed E-state index contributed by atoms with van der Waals surface area (Å²) in [6.45, 7) is 1.08. The molecule has 2 aliphatic heterocycles. The van der Waals surface area contributed by atoms with Gasteiger partial charge >= 0.3 is 6.18 Å². The largest absolute Gasteiger partial charge is 0.508 e. The predicted octanol–water partition coefficient (Wildman–Crippen LogP) is 4.87. The number of likely N-dealkylation sites (N-methyl/N-ethyl adjacent to an activating group) is 1. The number of halogens is 3. The second-order valence-corrected chi connectivity index (χ2v) is 8.76. The van der Waals surface area contributed by atoms with Gasteiger partial charge in [0.15, 0.2) is 0 Å². The molecular weight excluding hydrogens is 489 g/mol. The lowest BCUT2D eigenvalue weighted by Crippen LogP contribution is -2.29. The molecule has 0 radical (unpaired) electrons.